The summed E-state index contributed by atoms with van der Waals surface area (Å²) in [5.74, 6) is -0.595. The number of unbranched alkanes of at least 4 members (excludes halogenated alkanes) is 7. The molecule has 0 amide bonds. The molecule has 146 valence electrons. The number of carbonyl (C=O) groups excluding carboxylic acids is 2. The monoisotopic (exact) mass is 361 g/mol. The van der Waals surface area contributed by atoms with Crippen molar-refractivity contribution in [2.24, 2.45) is 0 Å². The third kappa shape index (κ3) is 9.02. The Kier molecular flexibility index (Phi) is 11.4. The number of hydrogen-bond donors (Lipinski definition) is 0. The fourth-order valence-electron chi connectivity index (χ4n) is 2.90. The molecule has 0 radical (unpaired) electrons. The normalized spacial score (nSPS) is 11.9. The molecule has 1 atom stereocenters. The van der Waals surface area contributed by atoms with Gasteiger partial charge in [0.1, 0.15) is 11.9 Å². The van der Waals surface area contributed by atoms with Crippen molar-refractivity contribution in [3.05, 3.63) is 29.8 Å². The van der Waals surface area contributed by atoms with Gasteiger partial charge < -0.3 is 14.6 Å². The van der Waals surface area contributed by atoms with Gasteiger partial charge in [-0.15, -0.1) is 0 Å². The van der Waals surface area contributed by atoms with Crippen LogP contribution in [0.2, 0.25) is 0 Å². The third-order valence-corrected chi connectivity index (χ3v) is 4.54. The van der Waals surface area contributed by atoms with E-state index in [-0.39, 0.29) is 5.78 Å². The highest BCUT2D eigenvalue weighted by molar-refractivity contribution is 5.96. The van der Waals surface area contributed by atoms with Crippen molar-refractivity contribution in [2.45, 2.75) is 90.6 Å². The molecule has 0 saturated carbocycles. The first-order valence-corrected chi connectivity index (χ1v) is 10.1. The van der Waals surface area contributed by atoms with E-state index in [2.05, 4.69) is 13.8 Å². The first kappa shape index (κ1) is 22.2. The van der Waals surface area contributed by atoms with Crippen molar-refractivity contribution >= 4 is 11.8 Å². The summed E-state index contributed by atoms with van der Waals surface area (Å²) in [4.78, 5) is 23.4. The summed E-state index contributed by atoms with van der Waals surface area (Å²) < 4.78 is 5.56. The van der Waals surface area contributed by atoms with Gasteiger partial charge in [-0.1, -0.05) is 58.8 Å². The Balaban J connectivity index is 2.45. The van der Waals surface area contributed by atoms with Crippen LogP contribution in [-0.4, -0.2) is 17.9 Å². The van der Waals surface area contributed by atoms with E-state index in [1.165, 1.54) is 19.3 Å². The molecule has 26 heavy (non-hydrogen) atoms. The number of carboxylic acid groups (broad SMARTS) is 1. The van der Waals surface area contributed by atoms with Gasteiger partial charge in [-0.3, -0.25) is 4.79 Å². The second-order valence-corrected chi connectivity index (χ2v) is 6.89. The van der Waals surface area contributed by atoms with Crippen LogP contribution in [0.5, 0.6) is 5.75 Å². The zero-order chi connectivity index (χ0) is 19.2. The van der Waals surface area contributed by atoms with Crippen molar-refractivity contribution in [1.29, 1.82) is 0 Å². The number of benzene rings is 1. The molecular formula is C22H33O4-. The summed E-state index contributed by atoms with van der Waals surface area (Å²) in [6, 6.07) is 6.76. The number of hydrogen-bond acceptors (Lipinski definition) is 4. The van der Waals surface area contributed by atoms with Crippen molar-refractivity contribution in [3.8, 4) is 5.75 Å². The van der Waals surface area contributed by atoms with Gasteiger partial charge in [-0.25, -0.2) is 0 Å². The summed E-state index contributed by atoms with van der Waals surface area (Å²) in [6.07, 6.45) is 9.68. The highest BCUT2D eigenvalue weighted by atomic mass is 16.5. The predicted octanol–water partition coefficient (Wildman–Crippen LogP) is 4.70. The number of carboxylic acids is 1. The van der Waals surface area contributed by atoms with E-state index in [0.29, 0.717) is 24.2 Å². The second-order valence-electron chi connectivity index (χ2n) is 6.89. The van der Waals surface area contributed by atoms with Gasteiger partial charge in [0, 0.05) is 12.0 Å². The van der Waals surface area contributed by atoms with Crippen LogP contribution >= 0.6 is 0 Å². The molecule has 4 heteroatoms. The first-order valence-electron chi connectivity index (χ1n) is 10.1. The standard InChI is InChI=1S/C22H34O4/c1-3-5-7-8-9-11-13-21(22(24)25)26-19-16-14-18(15-17-19)20(23)12-10-6-4-2/h14-17,21H,3-13H2,1-2H3,(H,24,25)/p-1. The van der Waals surface area contributed by atoms with Gasteiger partial charge in [-0.05, 0) is 43.5 Å². The Bertz CT molecular complexity index is 521. The Morgan fingerprint density at radius 1 is 0.885 bits per heavy atom. The number of rotatable bonds is 15. The Hall–Kier alpha value is -1.84. The van der Waals surface area contributed by atoms with Gasteiger partial charge in [-0.2, -0.15) is 0 Å². The molecule has 0 aromatic heterocycles. The SMILES string of the molecule is CCCCCCCCC(Oc1ccc(C(=O)CCCCC)cc1)C(=O)[O-]. The second kappa shape index (κ2) is 13.4. The van der Waals surface area contributed by atoms with E-state index in [4.69, 9.17) is 4.74 Å². The number of aliphatic carboxylic acids is 1. The maximum absolute atomic E-state index is 12.1. The minimum absolute atomic E-state index is 0.119. The molecule has 0 spiro atoms. The zero-order valence-electron chi connectivity index (χ0n) is 16.3. The van der Waals surface area contributed by atoms with Gasteiger partial charge in [0.2, 0.25) is 0 Å². The van der Waals surface area contributed by atoms with E-state index in [1.54, 1.807) is 24.3 Å². The van der Waals surface area contributed by atoms with E-state index in [1.807, 2.05) is 0 Å². The molecule has 0 saturated heterocycles. The van der Waals surface area contributed by atoms with Crippen LogP contribution in [-0.2, 0) is 4.79 Å². The largest absolute Gasteiger partial charge is 0.546 e. The van der Waals surface area contributed by atoms with Crippen molar-refractivity contribution < 1.29 is 19.4 Å². The van der Waals surface area contributed by atoms with Crippen LogP contribution in [0.15, 0.2) is 24.3 Å². The Morgan fingerprint density at radius 3 is 2.08 bits per heavy atom. The average molecular weight is 362 g/mol. The minimum atomic E-state index is -1.18. The average Bonchev–Trinajstić information content (AvgIpc) is 2.64. The molecule has 0 fully saturated rings. The van der Waals surface area contributed by atoms with Crippen LogP contribution in [0, 0.1) is 0 Å². The lowest BCUT2D eigenvalue weighted by Gasteiger charge is -2.20. The summed E-state index contributed by atoms with van der Waals surface area (Å²) in [5.41, 5.74) is 0.648. The van der Waals surface area contributed by atoms with Gasteiger partial charge in [0.25, 0.3) is 0 Å². The summed E-state index contributed by atoms with van der Waals surface area (Å²) in [7, 11) is 0. The van der Waals surface area contributed by atoms with Crippen molar-refractivity contribution in [3.63, 3.8) is 0 Å². The number of carbonyl (C=O) groups is 2. The number of Topliss-reactive ketones (excluding diaryl/α,β-unsaturated/α-hetero) is 1. The van der Waals surface area contributed by atoms with Crippen LogP contribution in [0.4, 0.5) is 0 Å². The van der Waals surface area contributed by atoms with Gasteiger partial charge >= 0.3 is 0 Å². The van der Waals surface area contributed by atoms with Crippen LogP contribution in [0.1, 0.15) is 94.8 Å². The number of ether oxygens (including phenoxy) is 1. The molecule has 0 aliphatic rings. The van der Waals surface area contributed by atoms with Gasteiger partial charge in [0.15, 0.2) is 5.78 Å². The fraction of sp³-hybridized carbons (Fsp3) is 0.636. The molecule has 4 nitrogen and oxygen atoms in total. The molecule has 0 bridgehead atoms. The van der Waals surface area contributed by atoms with E-state index < -0.39 is 12.1 Å². The maximum atomic E-state index is 12.1. The topological polar surface area (TPSA) is 66.4 Å². The smallest absolute Gasteiger partial charge is 0.162 e. The Morgan fingerprint density at radius 2 is 1.46 bits per heavy atom. The molecule has 1 unspecified atom stereocenters. The van der Waals surface area contributed by atoms with Crippen molar-refractivity contribution in [2.75, 3.05) is 0 Å². The predicted molar refractivity (Wildman–Crippen MR) is 102 cm³/mol. The quantitative estimate of drug-likeness (QED) is 0.335. The number of ketones is 1. The molecule has 0 aliphatic carbocycles. The Labute approximate surface area is 158 Å². The molecule has 1 rings (SSSR count). The highest BCUT2D eigenvalue weighted by Crippen LogP contribution is 2.18. The van der Waals surface area contributed by atoms with Crippen LogP contribution < -0.4 is 9.84 Å². The highest BCUT2D eigenvalue weighted by Gasteiger charge is 2.12. The zero-order valence-corrected chi connectivity index (χ0v) is 16.3. The lowest BCUT2D eigenvalue weighted by molar-refractivity contribution is -0.313. The fourth-order valence-corrected chi connectivity index (χ4v) is 2.90. The molecule has 0 heterocycles. The maximum Gasteiger partial charge on any atom is 0.162 e. The van der Waals surface area contributed by atoms with Crippen molar-refractivity contribution in [1.82, 2.24) is 0 Å². The summed E-state index contributed by atoms with van der Waals surface area (Å²) in [5, 5.41) is 11.3. The lowest BCUT2D eigenvalue weighted by Crippen LogP contribution is -2.39. The first-order chi connectivity index (χ1) is 12.6. The lowest BCUT2D eigenvalue weighted by atomic mass is 10.0. The van der Waals surface area contributed by atoms with E-state index in [0.717, 1.165) is 38.5 Å². The van der Waals surface area contributed by atoms with Crippen LogP contribution in [0.25, 0.3) is 0 Å². The summed E-state index contributed by atoms with van der Waals surface area (Å²) in [6.45, 7) is 4.28. The minimum Gasteiger partial charge on any atom is -0.546 e. The molecular weight excluding hydrogens is 328 g/mol. The third-order valence-electron chi connectivity index (χ3n) is 4.54. The summed E-state index contributed by atoms with van der Waals surface area (Å²) >= 11 is 0. The molecule has 1 aromatic carbocycles. The molecule has 0 aliphatic heterocycles. The molecule has 0 N–H and O–H groups in total. The van der Waals surface area contributed by atoms with E-state index in [9.17, 15) is 14.7 Å². The van der Waals surface area contributed by atoms with Gasteiger partial charge in [0.05, 0.1) is 5.97 Å². The van der Waals surface area contributed by atoms with Crippen LogP contribution in [0.3, 0.4) is 0 Å². The molecule has 1 aromatic rings. The van der Waals surface area contributed by atoms with E-state index >= 15 is 0 Å².